The van der Waals surface area contributed by atoms with E-state index in [0.717, 1.165) is 11.3 Å². The summed E-state index contributed by atoms with van der Waals surface area (Å²) in [7, 11) is 0. The molecule has 0 bridgehead atoms. The molecule has 2 aromatic rings. The van der Waals surface area contributed by atoms with E-state index >= 15 is 0 Å². The van der Waals surface area contributed by atoms with Gasteiger partial charge < -0.3 is 10.0 Å². The van der Waals surface area contributed by atoms with Gasteiger partial charge in [-0.05, 0) is 37.6 Å². The highest BCUT2D eigenvalue weighted by Gasteiger charge is 2.19. The highest BCUT2D eigenvalue weighted by Crippen LogP contribution is 2.24. The number of phenols is 1. The number of amides is 1. The summed E-state index contributed by atoms with van der Waals surface area (Å²) in [6.07, 6.45) is 0. The van der Waals surface area contributed by atoms with Crippen LogP contribution < -0.4 is 4.90 Å². The number of hydrogen-bond acceptors (Lipinski definition) is 2. The number of rotatable bonds is 3. The van der Waals surface area contributed by atoms with Crippen molar-refractivity contribution in [2.24, 2.45) is 0 Å². The van der Waals surface area contributed by atoms with Crippen LogP contribution in [-0.2, 0) is 0 Å². The number of anilines is 1. The number of carbonyl (C=O) groups excluding carboxylic acids is 1. The van der Waals surface area contributed by atoms with Crippen LogP contribution in [0.3, 0.4) is 0 Å². The maximum atomic E-state index is 12.5. The Balaban J connectivity index is 2.41. The van der Waals surface area contributed by atoms with Gasteiger partial charge in [0.15, 0.2) is 0 Å². The first-order valence-electron chi connectivity index (χ1n) is 6.30. The Labute approximate surface area is 113 Å². The van der Waals surface area contributed by atoms with Gasteiger partial charge in [0.25, 0.3) is 5.91 Å². The number of benzene rings is 2. The Kier molecular flexibility index (Phi) is 3.85. The predicted octanol–water partition coefficient (Wildman–Crippen LogP) is 3.37. The standard InChI is InChI=1S/C16H17NO2/c1-3-17(14-10-6-4-8-12(14)2)16(19)13-9-5-7-11-15(13)18/h4-11,18H,3H2,1-2H3. The lowest BCUT2D eigenvalue weighted by molar-refractivity contribution is 0.0985. The molecule has 0 fully saturated rings. The first-order valence-corrected chi connectivity index (χ1v) is 6.30. The Morgan fingerprint density at radius 1 is 1.11 bits per heavy atom. The zero-order valence-electron chi connectivity index (χ0n) is 11.1. The second-order valence-electron chi connectivity index (χ2n) is 4.35. The molecular weight excluding hydrogens is 238 g/mol. The summed E-state index contributed by atoms with van der Waals surface area (Å²) in [6, 6.07) is 14.3. The third-order valence-electron chi connectivity index (χ3n) is 3.10. The summed E-state index contributed by atoms with van der Waals surface area (Å²) in [4.78, 5) is 14.2. The van der Waals surface area contributed by atoms with E-state index in [1.54, 1.807) is 23.1 Å². The van der Waals surface area contributed by atoms with Crippen molar-refractivity contribution in [3.63, 3.8) is 0 Å². The molecule has 0 heterocycles. The van der Waals surface area contributed by atoms with Crippen molar-refractivity contribution in [2.45, 2.75) is 13.8 Å². The number of nitrogens with zero attached hydrogens (tertiary/aromatic N) is 1. The van der Waals surface area contributed by atoms with Crippen molar-refractivity contribution >= 4 is 11.6 Å². The number of para-hydroxylation sites is 2. The van der Waals surface area contributed by atoms with Gasteiger partial charge >= 0.3 is 0 Å². The number of aryl methyl sites for hydroxylation is 1. The smallest absolute Gasteiger partial charge is 0.262 e. The van der Waals surface area contributed by atoms with E-state index in [2.05, 4.69) is 0 Å². The van der Waals surface area contributed by atoms with E-state index in [-0.39, 0.29) is 11.7 Å². The second-order valence-corrected chi connectivity index (χ2v) is 4.35. The number of phenolic OH excluding ortho intramolecular Hbond substituents is 1. The van der Waals surface area contributed by atoms with E-state index in [4.69, 9.17) is 0 Å². The average Bonchev–Trinajstić information content (AvgIpc) is 2.42. The fourth-order valence-corrected chi connectivity index (χ4v) is 2.09. The lowest BCUT2D eigenvalue weighted by Crippen LogP contribution is -2.31. The zero-order chi connectivity index (χ0) is 13.8. The fraction of sp³-hybridized carbons (Fsp3) is 0.188. The molecule has 2 aromatic carbocycles. The SMILES string of the molecule is CCN(C(=O)c1ccccc1O)c1ccccc1C. The number of carbonyl (C=O) groups is 1. The molecular formula is C16H17NO2. The quantitative estimate of drug-likeness (QED) is 0.913. The summed E-state index contributed by atoms with van der Waals surface area (Å²) in [5.41, 5.74) is 2.24. The molecule has 0 unspecified atom stereocenters. The van der Waals surface area contributed by atoms with Gasteiger partial charge in [0, 0.05) is 12.2 Å². The maximum Gasteiger partial charge on any atom is 0.262 e. The predicted molar refractivity (Wildman–Crippen MR) is 76.6 cm³/mol. The minimum absolute atomic E-state index is 0.0135. The van der Waals surface area contributed by atoms with Crippen LogP contribution in [-0.4, -0.2) is 17.6 Å². The van der Waals surface area contributed by atoms with E-state index in [9.17, 15) is 9.90 Å². The van der Waals surface area contributed by atoms with Crippen LogP contribution in [0.2, 0.25) is 0 Å². The number of hydrogen-bond donors (Lipinski definition) is 1. The monoisotopic (exact) mass is 255 g/mol. The van der Waals surface area contributed by atoms with E-state index in [1.807, 2.05) is 38.1 Å². The molecule has 2 rings (SSSR count). The van der Waals surface area contributed by atoms with Crippen molar-refractivity contribution in [3.05, 3.63) is 59.7 Å². The average molecular weight is 255 g/mol. The molecule has 1 amide bonds. The molecule has 0 saturated heterocycles. The van der Waals surface area contributed by atoms with Crippen LogP contribution in [0.25, 0.3) is 0 Å². The Bertz CT molecular complexity index is 593. The zero-order valence-corrected chi connectivity index (χ0v) is 11.1. The summed E-state index contributed by atoms with van der Waals surface area (Å²) in [6.45, 7) is 4.44. The molecule has 0 aliphatic heterocycles. The van der Waals surface area contributed by atoms with Crippen molar-refractivity contribution in [2.75, 3.05) is 11.4 Å². The molecule has 3 nitrogen and oxygen atoms in total. The molecule has 0 radical (unpaired) electrons. The van der Waals surface area contributed by atoms with E-state index < -0.39 is 0 Å². The van der Waals surface area contributed by atoms with E-state index in [0.29, 0.717) is 12.1 Å². The molecule has 0 aromatic heterocycles. The minimum Gasteiger partial charge on any atom is -0.507 e. The molecule has 0 aliphatic rings. The molecule has 0 aliphatic carbocycles. The molecule has 98 valence electrons. The third kappa shape index (κ3) is 2.60. The minimum atomic E-state index is -0.185. The van der Waals surface area contributed by atoms with Crippen molar-refractivity contribution in [3.8, 4) is 5.75 Å². The van der Waals surface area contributed by atoms with Gasteiger partial charge in [-0.2, -0.15) is 0 Å². The Morgan fingerprint density at radius 3 is 2.37 bits per heavy atom. The topological polar surface area (TPSA) is 40.5 Å². The highest BCUT2D eigenvalue weighted by atomic mass is 16.3. The van der Waals surface area contributed by atoms with Gasteiger partial charge in [-0.1, -0.05) is 30.3 Å². The van der Waals surface area contributed by atoms with Gasteiger partial charge in [-0.15, -0.1) is 0 Å². The van der Waals surface area contributed by atoms with Crippen LogP contribution in [0.5, 0.6) is 5.75 Å². The molecule has 0 spiro atoms. The van der Waals surface area contributed by atoms with Gasteiger partial charge in [-0.25, -0.2) is 0 Å². The first kappa shape index (κ1) is 13.1. The van der Waals surface area contributed by atoms with Crippen LogP contribution in [0.15, 0.2) is 48.5 Å². The summed E-state index contributed by atoms with van der Waals surface area (Å²) in [5, 5.41) is 9.79. The number of aromatic hydroxyl groups is 1. The van der Waals surface area contributed by atoms with Crippen molar-refractivity contribution in [1.82, 2.24) is 0 Å². The van der Waals surface area contributed by atoms with Crippen LogP contribution in [0.1, 0.15) is 22.8 Å². The molecule has 19 heavy (non-hydrogen) atoms. The van der Waals surface area contributed by atoms with Crippen molar-refractivity contribution < 1.29 is 9.90 Å². The van der Waals surface area contributed by atoms with Crippen LogP contribution in [0.4, 0.5) is 5.69 Å². The van der Waals surface area contributed by atoms with Crippen molar-refractivity contribution in [1.29, 1.82) is 0 Å². The normalized spacial score (nSPS) is 10.2. The van der Waals surface area contributed by atoms with Gasteiger partial charge in [0.1, 0.15) is 5.75 Å². The van der Waals surface area contributed by atoms with E-state index in [1.165, 1.54) is 6.07 Å². The Hall–Kier alpha value is -2.29. The lowest BCUT2D eigenvalue weighted by atomic mass is 10.1. The third-order valence-corrected chi connectivity index (χ3v) is 3.10. The Morgan fingerprint density at radius 2 is 1.74 bits per heavy atom. The van der Waals surface area contributed by atoms with Gasteiger partial charge in [-0.3, -0.25) is 4.79 Å². The van der Waals surface area contributed by atoms with Crippen LogP contribution >= 0.6 is 0 Å². The fourth-order valence-electron chi connectivity index (χ4n) is 2.09. The lowest BCUT2D eigenvalue weighted by Gasteiger charge is -2.23. The molecule has 3 heteroatoms. The van der Waals surface area contributed by atoms with Gasteiger partial charge in [0.05, 0.1) is 5.56 Å². The summed E-state index contributed by atoms with van der Waals surface area (Å²) >= 11 is 0. The van der Waals surface area contributed by atoms with Gasteiger partial charge in [0.2, 0.25) is 0 Å². The molecule has 0 saturated carbocycles. The largest absolute Gasteiger partial charge is 0.507 e. The molecule has 1 N–H and O–H groups in total. The summed E-state index contributed by atoms with van der Waals surface area (Å²) in [5.74, 6) is -0.172. The molecule has 0 atom stereocenters. The maximum absolute atomic E-state index is 12.5. The second kappa shape index (κ2) is 5.57. The van der Waals surface area contributed by atoms with Crippen LogP contribution in [0, 0.1) is 6.92 Å². The first-order chi connectivity index (χ1) is 9.15. The highest BCUT2D eigenvalue weighted by molar-refractivity contribution is 6.08. The summed E-state index contributed by atoms with van der Waals surface area (Å²) < 4.78 is 0.